The number of rotatable bonds is 8. The van der Waals surface area contributed by atoms with Crippen molar-refractivity contribution in [3.05, 3.63) is 55.5 Å². The average molecular weight is 697 g/mol. The lowest BCUT2D eigenvalue weighted by atomic mass is 10.1. The molecule has 10 nitrogen and oxygen atoms in total. The van der Waals surface area contributed by atoms with E-state index < -0.39 is 31.6 Å². The zero-order valence-corrected chi connectivity index (χ0v) is 26.5. The molecule has 0 aromatic heterocycles. The number of esters is 1. The summed E-state index contributed by atoms with van der Waals surface area (Å²) in [6, 6.07) is 5.97. The van der Waals surface area contributed by atoms with Crippen LogP contribution in [-0.2, 0) is 37.3 Å². The maximum absolute atomic E-state index is 11.9. The molecular weight excluding hydrogens is 666 g/mol. The Morgan fingerprint density at radius 1 is 0.816 bits per heavy atom. The largest absolute Gasteiger partial charge is 0.465 e. The van der Waals surface area contributed by atoms with Crippen LogP contribution in [0.25, 0.3) is 0 Å². The van der Waals surface area contributed by atoms with Gasteiger partial charge in [0, 0.05) is 21.5 Å². The normalized spacial score (nSPS) is 11.2. The minimum atomic E-state index is -3.44. The van der Waals surface area contributed by atoms with Crippen LogP contribution in [0.15, 0.2) is 48.0 Å². The van der Waals surface area contributed by atoms with E-state index in [1.54, 1.807) is 12.1 Å². The molecule has 0 aliphatic heterocycles. The third kappa shape index (κ3) is 9.47. The molecular formula is C24H31Br2N3O7S2. The van der Waals surface area contributed by atoms with Gasteiger partial charge in [0.2, 0.25) is 0 Å². The number of carbonyl (C=O) groups is 2. The fourth-order valence-electron chi connectivity index (χ4n) is 3.42. The number of nitrogens with two attached hydrogens (primary N) is 2. The van der Waals surface area contributed by atoms with Crippen molar-refractivity contribution in [3.63, 3.8) is 0 Å². The maximum atomic E-state index is 11.9. The fraction of sp³-hybridized carbons (Fsp3) is 0.375. The molecule has 210 valence electrons. The van der Waals surface area contributed by atoms with Crippen LogP contribution in [0.5, 0.6) is 0 Å². The Kier molecular flexibility index (Phi) is 12.6. The second kappa shape index (κ2) is 14.2. The molecule has 0 unspecified atom stereocenters. The van der Waals surface area contributed by atoms with Gasteiger partial charge in [-0.3, -0.25) is 4.79 Å². The van der Waals surface area contributed by atoms with E-state index in [-0.39, 0.29) is 26.9 Å². The van der Waals surface area contributed by atoms with Crippen LogP contribution in [0, 0.1) is 0 Å². The minimum Gasteiger partial charge on any atom is -0.465 e. The molecule has 2 aromatic carbocycles. The van der Waals surface area contributed by atoms with Crippen LogP contribution in [0.4, 0.5) is 0 Å². The van der Waals surface area contributed by atoms with E-state index in [4.69, 9.17) is 11.5 Å². The molecule has 0 spiro atoms. The molecule has 0 bridgehead atoms. The molecule has 2 aromatic rings. The zero-order chi connectivity index (χ0) is 29.4. The number of guanidine groups is 1. The van der Waals surface area contributed by atoms with Crippen LogP contribution in [0.2, 0.25) is 0 Å². The van der Waals surface area contributed by atoms with Gasteiger partial charge in [0.25, 0.3) is 5.91 Å². The molecule has 2 rings (SSSR count). The first-order chi connectivity index (χ1) is 17.5. The van der Waals surface area contributed by atoms with Crippen molar-refractivity contribution in [1.29, 1.82) is 0 Å². The van der Waals surface area contributed by atoms with Gasteiger partial charge in [-0.05, 0) is 80.1 Å². The van der Waals surface area contributed by atoms with Crippen molar-refractivity contribution in [3.8, 4) is 0 Å². The highest BCUT2D eigenvalue weighted by Gasteiger charge is 2.21. The van der Waals surface area contributed by atoms with Crippen LogP contribution in [0.3, 0.4) is 0 Å². The Morgan fingerprint density at radius 3 is 1.55 bits per heavy atom. The Balaban J connectivity index is 0.000000382. The minimum absolute atomic E-state index is 0.110. The SMILES string of the molecule is CCCc1cc(Br)c(C(=O)N=C(N)N)cc1S(C)(=O)=O.CCCc1cc(Br)c(C(=O)OC)cc1S(C)(=O)=O. The first-order valence-corrected chi connectivity index (χ1v) is 16.6. The third-order valence-corrected chi connectivity index (χ3v) is 8.67. The molecule has 0 saturated heterocycles. The number of methoxy groups -OCH3 is 1. The van der Waals surface area contributed by atoms with Gasteiger partial charge < -0.3 is 16.2 Å². The summed E-state index contributed by atoms with van der Waals surface area (Å²) in [5.74, 6) is -1.62. The second-order valence-electron chi connectivity index (χ2n) is 8.26. The smallest absolute Gasteiger partial charge is 0.339 e. The molecule has 38 heavy (non-hydrogen) atoms. The number of carbonyl (C=O) groups excluding carboxylic acids is 2. The molecule has 0 saturated carbocycles. The molecule has 0 aliphatic rings. The Bertz CT molecular complexity index is 1450. The third-order valence-electron chi connectivity index (χ3n) is 5.00. The number of ether oxygens (including phenoxy) is 1. The van der Waals surface area contributed by atoms with Gasteiger partial charge in [-0.2, -0.15) is 4.99 Å². The molecule has 1 amide bonds. The Hall–Kier alpha value is -2.29. The fourth-order valence-corrected chi connectivity index (χ4v) is 6.47. The molecule has 4 N–H and O–H groups in total. The molecule has 0 heterocycles. The summed E-state index contributed by atoms with van der Waals surface area (Å²) in [7, 11) is -5.55. The van der Waals surface area contributed by atoms with Crippen molar-refractivity contribution < 1.29 is 31.2 Å². The summed E-state index contributed by atoms with van der Waals surface area (Å²) in [6.45, 7) is 3.91. The number of sulfone groups is 2. The number of halogens is 2. The van der Waals surface area contributed by atoms with E-state index in [1.807, 2.05) is 13.8 Å². The van der Waals surface area contributed by atoms with Crippen molar-refractivity contribution in [2.75, 3.05) is 19.6 Å². The summed E-state index contributed by atoms with van der Waals surface area (Å²) in [5, 5.41) is 0. The lowest BCUT2D eigenvalue weighted by molar-refractivity contribution is 0.0599. The molecule has 14 heteroatoms. The Labute approximate surface area is 240 Å². The zero-order valence-electron chi connectivity index (χ0n) is 21.7. The summed E-state index contributed by atoms with van der Waals surface area (Å²) in [5.41, 5.74) is 12.0. The average Bonchev–Trinajstić information content (AvgIpc) is 2.77. The van der Waals surface area contributed by atoms with E-state index in [2.05, 4.69) is 41.6 Å². The van der Waals surface area contributed by atoms with Crippen molar-refractivity contribution >= 4 is 69.4 Å². The van der Waals surface area contributed by atoms with Crippen LogP contribution < -0.4 is 11.5 Å². The second-order valence-corrected chi connectivity index (χ2v) is 13.9. The molecule has 0 aliphatic carbocycles. The highest BCUT2D eigenvalue weighted by Crippen LogP contribution is 2.28. The summed E-state index contributed by atoms with van der Waals surface area (Å²) >= 11 is 6.51. The number of benzene rings is 2. The van der Waals surface area contributed by atoms with Crippen LogP contribution in [0.1, 0.15) is 58.5 Å². The van der Waals surface area contributed by atoms with Gasteiger partial charge in [0.1, 0.15) is 0 Å². The van der Waals surface area contributed by atoms with Gasteiger partial charge in [-0.25, -0.2) is 21.6 Å². The van der Waals surface area contributed by atoms with Gasteiger partial charge >= 0.3 is 5.97 Å². The predicted octanol–water partition coefficient (Wildman–Crippen LogP) is 3.81. The number of hydrogen-bond donors (Lipinski definition) is 2. The molecule has 0 atom stereocenters. The Morgan fingerprint density at radius 2 is 1.21 bits per heavy atom. The molecule has 0 radical (unpaired) electrons. The van der Waals surface area contributed by atoms with Crippen molar-refractivity contribution in [1.82, 2.24) is 0 Å². The van der Waals surface area contributed by atoms with Gasteiger partial charge in [0.05, 0.1) is 28.0 Å². The van der Waals surface area contributed by atoms with Crippen LogP contribution >= 0.6 is 31.9 Å². The summed E-state index contributed by atoms with van der Waals surface area (Å²) in [6.07, 6.45) is 5.09. The standard InChI is InChI=1S/C12H16BrN3O3S.C12H15BrO4S/c1-3-4-7-5-9(13)8(11(17)16-12(14)15)6-10(7)20(2,18)19;1-4-5-8-6-10(13)9(12(14)17-2)7-11(8)18(3,15)16/h5-6H,3-4H2,1-2H3,(H4,14,15,16,17);6-7H,4-5H2,1-3H3. The lowest BCUT2D eigenvalue weighted by Gasteiger charge is -2.11. The number of nitrogens with zero attached hydrogens (tertiary/aromatic N) is 1. The number of aryl methyl sites for hydroxylation is 2. The maximum Gasteiger partial charge on any atom is 0.339 e. The van der Waals surface area contributed by atoms with Crippen molar-refractivity contribution in [2.45, 2.75) is 49.3 Å². The lowest BCUT2D eigenvalue weighted by Crippen LogP contribution is -2.24. The highest BCUT2D eigenvalue weighted by molar-refractivity contribution is 9.10. The van der Waals surface area contributed by atoms with Gasteiger partial charge in [-0.1, -0.05) is 26.7 Å². The quantitative estimate of drug-likeness (QED) is 0.236. The van der Waals surface area contributed by atoms with E-state index in [0.717, 1.165) is 25.4 Å². The first kappa shape index (κ1) is 33.7. The first-order valence-electron chi connectivity index (χ1n) is 11.2. The van der Waals surface area contributed by atoms with E-state index in [0.29, 0.717) is 32.9 Å². The van der Waals surface area contributed by atoms with Gasteiger partial charge in [0.15, 0.2) is 25.6 Å². The summed E-state index contributed by atoms with van der Waals surface area (Å²) in [4.78, 5) is 27.1. The van der Waals surface area contributed by atoms with E-state index >= 15 is 0 Å². The highest BCUT2D eigenvalue weighted by atomic mass is 79.9. The number of amides is 1. The predicted molar refractivity (Wildman–Crippen MR) is 154 cm³/mol. The molecule has 0 fully saturated rings. The van der Waals surface area contributed by atoms with E-state index in [9.17, 15) is 26.4 Å². The van der Waals surface area contributed by atoms with E-state index in [1.165, 1.54) is 19.2 Å². The van der Waals surface area contributed by atoms with Crippen molar-refractivity contribution in [2.24, 2.45) is 16.5 Å². The topological polar surface area (TPSA) is 176 Å². The summed E-state index contributed by atoms with van der Waals surface area (Å²) < 4.78 is 52.7. The number of aliphatic imine (C=N–C) groups is 1. The monoisotopic (exact) mass is 695 g/mol. The van der Waals surface area contributed by atoms with Gasteiger partial charge in [-0.15, -0.1) is 0 Å². The van der Waals surface area contributed by atoms with Crippen LogP contribution in [-0.4, -0.2) is 54.3 Å². The number of hydrogen-bond acceptors (Lipinski definition) is 7.